The molecule has 0 spiro atoms. The molecule has 0 bridgehead atoms. The third-order valence-corrected chi connectivity index (χ3v) is 1.90. The Labute approximate surface area is 76.3 Å². The lowest BCUT2D eigenvalue weighted by Crippen LogP contribution is -2.39. The van der Waals surface area contributed by atoms with Crippen LogP contribution in [0, 0.1) is 0 Å². The monoisotopic (exact) mass is 184 g/mol. The molecular weight excluding hydrogens is 172 g/mol. The van der Waals surface area contributed by atoms with E-state index in [1.54, 1.807) is 4.90 Å². The molecule has 0 unspecified atom stereocenters. The molecule has 1 rings (SSSR count). The van der Waals surface area contributed by atoms with Crippen LogP contribution in [0.15, 0.2) is 5.16 Å². The molecule has 5 nitrogen and oxygen atoms in total. The van der Waals surface area contributed by atoms with E-state index >= 15 is 0 Å². The van der Waals surface area contributed by atoms with Gasteiger partial charge in [0.25, 0.3) is 5.91 Å². The van der Waals surface area contributed by atoms with Crippen molar-refractivity contribution in [3.05, 3.63) is 0 Å². The van der Waals surface area contributed by atoms with E-state index < -0.39 is 0 Å². The van der Waals surface area contributed by atoms with Gasteiger partial charge in [0.1, 0.15) is 19.1 Å². The highest BCUT2D eigenvalue weighted by Gasteiger charge is 2.19. The van der Waals surface area contributed by atoms with Crippen molar-refractivity contribution in [1.29, 1.82) is 0 Å². The number of Topliss-reactive ketones (excluding diaryl/α,β-unsaturated/α-hetero) is 1. The molecule has 72 valence electrons. The van der Waals surface area contributed by atoms with E-state index in [0.717, 1.165) is 6.21 Å². The SMILES string of the molecule is CO/N=C/C(=O)N1CCC(=O)CC1. The van der Waals surface area contributed by atoms with Crippen LogP contribution in [0.25, 0.3) is 0 Å². The maximum Gasteiger partial charge on any atom is 0.268 e. The summed E-state index contributed by atoms with van der Waals surface area (Å²) in [6, 6.07) is 0. The van der Waals surface area contributed by atoms with Gasteiger partial charge in [0.15, 0.2) is 0 Å². The quantitative estimate of drug-likeness (QED) is 0.441. The molecule has 0 aromatic carbocycles. The number of ketones is 1. The second kappa shape index (κ2) is 4.59. The van der Waals surface area contributed by atoms with Crippen molar-refractivity contribution in [1.82, 2.24) is 4.90 Å². The third-order valence-electron chi connectivity index (χ3n) is 1.90. The predicted octanol–water partition coefficient (Wildman–Crippen LogP) is -0.190. The maximum absolute atomic E-state index is 11.2. The van der Waals surface area contributed by atoms with Crippen molar-refractivity contribution in [3.8, 4) is 0 Å². The lowest BCUT2D eigenvalue weighted by atomic mass is 10.1. The molecule has 5 heteroatoms. The highest BCUT2D eigenvalue weighted by molar-refractivity contribution is 6.26. The Hall–Kier alpha value is -1.39. The number of carbonyl (C=O) groups is 2. The fourth-order valence-electron chi connectivity index (χ4n) is 1.16. The Bertz CT molecular complexity index is 228. The smallest absolute Gasteiger partial charge is 0.268 e. The summed E-state index contributed by atoms with van der Waals surface area (Å²) in [6.07, 6.45) is 2.02. The normalized spacial score (nSPS) is 17.9. The summed E-state index contributed by atoms with van der Waals surface area (Å²) in [5.74, 6) is 0.0158. The Morgan fingerprint density at radius 2 is 2.15 bits per heavy atom. The molecule has 0 aliphatic carbocycles. The number of oxime groups is 1. The van der Waals surface area contributed by atoms with E-state index in [1.807, 2.05) is 0 Å². The molecule has 1 aliphatic rings. The number of nitrogens with zero attached hydrogens (tertiary/aromatic N) is 2. The summed E-state index contributed by atoms with van der Waals surface area (Å²) in [7, 11) is 1.38. The van der Waals surface area contributed by atoms with Crippen molar-refractivity contribution in [2.24, 2.45) is 5.16 Å². The van der Waals surface area contributed by atoms with Crippen LogP contribution in [0.2, 0.25) is 0 Å². The van der Waals surface area contributed by atoms with Gasteiger partial charge in [0.05, 0.1) is 0 Å². The second-order valence-corrected chi connectivity index (χ2v) is 2.78. The fourth-order valence-corrected chi connectivity index (χ4v) is 1.16. The standard InChI is InChI=1S/C8H12N2O3/c1-13-9-6-8(12)10-4-2-7(11)3-5-10/h6H,2-5H2,1H3/b9-6+. The Balaban J connectivity index is 2.40. The summed E-state index contributed by atoms with van der Waals surface area (Å²) in [5.41, 5.74) is 0. The summed E-state index contributed by atoms with van der Waals surface area (Å²) in [6.45, 7) is 0.987. The van der Waals surface area contributed by atoms with Crippen molar-refractivity contribution in [2.75, 3.05) is 20.2 Å². The zero-order valence-electron chi connectivity index (χ0n) is 7.52. The van der Waals surface area contributed by atoms with Gasteiger partial charge >= 0.3 is 0 Å². The average Bonchev–Trinajstić information content (AvgIpc) is 2.15. The summed E-state index contributed by atoms with van der Waals surface area (Å²) in [5, 5.41) is 3.36. The van der Waals surface area contributed by atoms with Crippen LogP contribution in [-0.4, -0.2) is 43.0 Å². The molecule has 1 amide bonds. The number of amides is 1. The lowest BCUT2D eigenvalue weighted by Gasteiger charge is -2.24. The minimum atomic E-state index is -0.200. The second-order valence-electron chi connectivity index (χ2n) is 2.78. The Kier molecular flexibility index (Phi) is 3.42. The first-order valence-corrected chi connectivity index (χ1v) is 4.11. The molecule has 1 fully saturated rings. The topological polar surface area (TPSA) is 59.0 Å². The van der Waals surface area contributed by atoms with Crippen LogP contribution in [0.3, 0.4) is 0 Å². The van der Waals surface area contributed by atoms with E-state index in [0.29, 0.717) is 25.9 Å². The van der Waals surface area contributed by atoms with Crippen molar-refractivity contribution in [2.45, 2.75) is 12.8 Å². The van der Waals surface area contributed by atoms with E-state index in [2.05, 4.69) is 9.99 Å². The van der Waals surface area contributed by atoms with E-state index in [-0.39, 0.29) is 11.7 Å². The van der Waals surface area contributed by atoms with E-state index in [9.17, 15) is 9.59 Å². The molecule has 1 aliphatic heterocycles. The largest absolute Gasteiger partial charge is 0.399 e. The zero-order chi connectivity index (χ0) is 9.68. The Morgan fingerprint density at radius 1 is 1.54 bits per heavy atom. The molecule has 13 heavy (non-hydrogen) atoms. The first-order chi connectivity index (χ1) is 6.24. The highest BCUT2D eigenvalue weighted by Crippen LogP contribution is 2.04. The summed E-state index contributed by atoms with van der Waals surface area (Å²) < 4.78 is 0. The molecule has 0 aromatic rings. The highest BCUT2D eigenvalue weighted by atomic mass is 16.6. The van der Waals surface area contributed by atoms with Gasteiger partial charge in [-0.1, -0.05) is 5.16 Å². The number of likely N-dealkylation sites (tertiary alicyclic amines) is 1. The van der Waals surface area contributed by atoms with Crippen LogP contribution >= 0.6 is 0 Å². The number of piperidine rings is 1. The van der Waals surface area contributed by atoms with Crippen LogP contribution in [0.4, 0.5) is 0 Å². The van der Waals surface area contributed by atoms with Gasteiger partial charge in [-0.15, -0.1) is 0 Å². The molecule has 1 saturated heterocycles. The van der Waals surface area contributed by atoms with Crippen LogP contribution < -0.4 is 0 Å². The number of rotatable bonds is 2. The molecule has 0 N–H and O–H groups in total. The van der Waals surface area contributed by atoms with Crippen molar-refractivity contribution >= 4 is 17.9 Å². The van der Waals surface area contributed by atoms with Crippen LogP contribution in [0.1, 0.15) is 12.8 Å². The molecule has 0 atom stereocenters. The van der Waals surface area contributed by atoms with Gasteiger partial charge in [-0.3, -0.25) is 9.59 Å². The van der Waals surface area contributed by atoms with Crippen LogP contribution in [0.5, 0.6) is 0 Å². The zero-order valence-corrected chi connectivity index (χ0v) is 7.52. The summed E-state index contributed by atoms with van der Waals surface area (Å²) >= 11 is 0. The van der Waals surface area contributed by atoms with Crippen molar-refractivity contribution < 1.29 is 14.4 Å². The van der Waals surface area contributed by atoms with Gasteiger partial charge < -0.3 is 9.74 Å². The first-order valence-electron chi connectivity index (χ1n) is 4.11. The molecular formula is C8H12N2O3. The number of hydrogen-bond donors (Lipinski definition) is 0. The maximum atomic E-state index is 11.2. The van der Waals surface area contributed by atoms with Gasteiger partial charge in [-0.25, -0.2) is 0 Å². The van der Waals surface area contributed by atoms with Crippen LogP contribution in [-0.2, 0) is 14.4 Å². The van der Waals surface area contributed by atoms with E-state index in [1.165, 1.54) is 7.11 Å². The number of carbonyl (C=O) groups excluding carboxylic acids is 2. The predicted molar refractivity (Wildman–Crippen MR) is 46.3 cm³/mol. The first kappa shape index (κ1) is 9.70. The minimum Gasteiger partial charge on any atom is -0.399 e. The molecule has 0 radical (unpaired) electrons. The van der Waals surface area contributed by atoms with Gasteiger partial charge in [0, 0.05) is 25.9 Å². The molecule has 1 heterocycles. The number of hydrogen-bond acceptors (Lipinski definition) is 4. The third kappa shape index (κ3) is 2.85. The molecule has 0 saturated carbocycles. The minimum absolute atomic E-state index is 0.200. The van der Waals surface area contributed by atoms with Crippen molar-refractivity contribution in [3.63, 3.8) is 0 Å². The van der Waals surface area contributed by atoms with Gasteiger partial charge in [-0.2, -0.15) is 0 Å². The Morgan fingerprint density at radius 3 is 2.69 bits per heavy atom. The van der Waals surface area contributed by atoms with Gasteiger partial charge in [0.2, 0.25) is 0 Å². The lowest BCUT2D eigenvalue weighted by molar-refractivity contribution is -0.128. The van der Waals surface area contributed by atoms with E-state index in [4.69, 9.17) is 0 Å². The van der Waals surface area contributed by atoms with Gasteiger partial charge in [-0.05, 0) is 0 Å². The average molecular weight is 184 g/mol. The summed E-state index contributed by atoms with van der Waals surface area (Å²) in [4.78, 5) is 28.1. The molecule has 0 aromatic heterocycles. The fraction of sp³-hybridized carbons (Fsp3) is 0.625.